The second kappa shape index (κ2) is 13.1. The van der Waals surface area contributed by atoms with Gasteiger partial charge in [-0.3, -0.25) is 9.13 Å². The van der Waals surface area contributed by atoms with Gasteiger partial charge in [0.15, 0.2) is 0 Å². The molecule has 0 saturated carbocycles. The van der Waals surface area contributed by atoms with E-state index in [1.807, 2.05) is 135 Å². The Bertz CT molecular complexity index is 1310. The van der Waals surface area contributed by atoms with Gasteiger partial charge in [-0.1, -0.05) is 93.6 Å². The summed E-state index contributed by atoms with van der Waals surface area (Å²) >= 11 is 0. The van der Waals surface area contributed by atoms with Crippen LogP contribution in [0.1, 0.15) is 34.1 Å². The molecule has 0 radical (unpaired) electrons. The summed E-state index contributed by atoms with van der Waals surface area (Å²) in [5.74, 6) is 0.0913. The first kappa shape index (κ1) is 29.2. The van der Waals surface area contributed by atoms with E-state index in [0.717, 1.165) is 0 Å². The number of hydrogen-bond acceptors (Lipinski definition) is 4. The molecule has 3 unspecified atom stereocenters. The van der Waals surface area contributed by atoms with Crippen LogP contribution in [0.15, 0.2) is 121 Å². The van der Waals surface area contributed by atoms with Crippen molar-refractivity contribution >= 4 is 36.0 Å². The van der Waals surface area contributed by atoms with E-state index in [2.05, 4.69) is 13.8 Å². The second-order valence-electron chi connectivity index (χ2n) is 10.4. The first-order valence-corrected chi connectivity index (χ1v) is 16.8. The summed E-state index contributed by atoms with van der Waals surface area (Å²) in [5, 5.41) is 2.61. The largest absolute Gasteiger partial charge is 0.319 e. The van der Waals surface area contributed by atoms with E-state index in [4.69, 9.17) is 9.05 Å². The van der Waals surface area contributed by atoms with E-state index in [1.165, 1.54) is 0 Å². The van der Waals surface area contributed by atoms with Gasteiger partial charge in [0.2, 0.25) is 0 Å². The zero-order valence-corrected chi connectivity index (χ0v) is 24.9. The molecule has 4 aromatic rings. The van der Waals surface area contributed by atoms with Gasteiger partial charge < -0.3 is 9.05 Å². The van der Waals surface area contributed by atoms with Gasteiger partial charge in [0.05, 0.1) is 12.2 Å². The number of hydrogen-bond donors (Lipinski definition) is 0. The van der Waals surface area contributed by atoms with Crippen molar-refractivity contribution in [3.63, 3.8) is 0 Å². The third-order valence-electron chi connectivity index (χ3n) is 7.01. The maximum atomic E-state index is 14.7. The summed E-state index contributed by atoms with van der Waals surface area (Å²) in [6.45, 7) is 8.24. The number of benzene rings is 4. The normalized spacial score (nSPS) is 14.6. The van der Waals surface area contributed by atoms with Crippen LogP contribution in [-0.2, 0) is 18.2 Å². The molecule has 0 amide bonds. The molecule has 3 atom stereocenters. The van der Waals surface area contributed by atoms with Crippen LogP contribution in [0.5, 0.6) is 0 Å². The average Bonchev–Trinajstić information content (AvgIpc) is 2.98. The molecule has 0 aromatic heterocycles. The molecule has 0 spiro atoms. The molecule has 0 aliphatic carbocycles. The summed E-state index contributed by atoms with van der Waals surface area (Å²) in [7, 11) is -6.82. The van der Waals surface area contributed by atoms with Crippen LogP contribution in [0, 0.1) is 11.8 Å². The van der Waals surface area contributed by atoms with E-state index in [1.54, 1.807) is 0 Å². The molecular weight excluding hydrogens is 522 g/mol. The minimum absolute atomic E-state index is 0.200. The highest BCUT2D eigenvalue weighted by atomic mass is 31.2. The maximum absolute atomic E-state index is 14.7. The molecule has 0 saturated heterocycles. The zero-order valence-electron chi connectivity index (χ0n) is 23.1. The Hall–Kier alpha value is -2.74. The highest BCUT2D eigenvalue weighted by molar-refractivity contribution is 7.74. The van der Waals surface area contributed by atoms with Crippen molar-refractivity contribution in [1.82, 2.24) is 0 Å². The van der Waals surface area contributed by atoms with Gasteiger partial charge in [-0.15, -0.1) is 0 Å². The minimum Gasteiger partial charge on any atom is -0.319 e. The van der Waals surface area contributed by atoms with Gasteiger partial charge >= 0.3 is 0 Å². The van der Waals surface area contributed by atoms with E-state index in [-0.39, 0.29) is 5.92 Å². The molecule has 0 fully saturated rings. The van der Waals surface area contributed by atoms with Gasteiger partial charge in [0.25, 0.3) is 14.7 Å². The molecular formula is C33H38O4P2. The predicted molar refractivity (Wildman–Crippen MR) is 164 cm³/mol. The fourth-order valence-electron chi connectivity index (χ4n) is 4.68. The molecule has 4 nitrogen and oxygen atoms in total. The predicted octanol–water partition coefficient (Wildman–Crippen LogP) is 7.32. The Balaban J connectivity index is 1.69. The molecule has 0 bridgehead atoms. The summed E-state index contributed by atoms with van der Waals surface area (Å²) in [6, 6.07) is 37.6. The SMILES string of the molecule is CC(C)CC(OP(=O)(c1ccccc1)c1ccccc1)C(C)C(C)OP(=O)(c1ccccc1)c1ccccc1. The lowest BCUT2D eigenvalue weighted by Crippen LogP contribution is -2.35. The fraction of sp³-hybridized carbons (Fsp3) is 0.273. The Morgan fingerprint density at radius 3 is 1.13 bits per heavy atom. The van der Waals surface area contributed by atoms with Crippen molar-refractivity contribution in [3.8, 4) is 0 Å². The number of rotatable bonds is 12. The van der Waals surface area contributed by atoms with Gasteiger partial charge in [-0.05, 0) is 67.8 Å². The van der Waals surface area contributed by atoms with Crippen LogP contribution < -0.4 is 21.2 Å². The van der Waals surface area contributed by atoms with E-state index >= 15 is 0 Å². The Labute approximate surface area is 233 Å². The molecule has 0 N–H and O–H groups in total. The van der Waals surface area contributed by atoms with Gasteiger partial charge in [-0.25, -0.2) is 0 Å². The first-order chi connectivity index (χ1) is 18.7. The minimum atomic E-state index is -3.42. The summed E-state index contributed by atoms with van der Waals surface area (Å²) < 4.78 is 42.6. The summed E-state index contributed by atoms with van der Waals surface area (Å²) in [5.41, 5.74) is 0. The lowest BCUT2D eigenvalue weighted by atomic mass is 9.92. The lowest BCUT2D eigenvalue weighted by molar-refractivity contribution is 0.0554. The van der Waals surface area contributed by atoms with Gasteiger partial charge in [0, 0.05) is 27.1 Å². The Morgan fingerprint density at radius 1 is 0.513 bits per heavy atom. The highest BCUT2D eigenvalue weighted by Crippen LogP contribution is 2.50. The van der Waals surface area contributed by atoms with Gasteiger partial charge in [-0.2, -0.15) is 0 Å². The molecule has 0 aliphatic rings. The van der Waals surface area contributed by atoms with E-state index < -0.39 is 26.9 Å². The third-order valence-corrected chi connectivity index (χ3v) is 12.1. The van der Waals surface area contributed by atoms with Crippen LogP contribution in [-0.4, -0.2) is 12.2 Å². The van der Waals surface area contributed by atoms with Crippen LogP contribution in [0.25, 0.3) is 0 Å². The molecule has 0 heterocycles. The van der Waals surface area contributed by atoms with Gasteiger partial charge in [0.1, 0.15) is 0 Å². The Morgan fingerprint density at radius 2 is 0.821 bits per heavy atom. The van der Waals surface area contributed by atoms with Crippen molar-refractivity contribution in [2.24, 2.45) is 11.8 Å². The summed E-state index contributed by atoms with van der Waals surface area (Å²) in [6.07, 6.45) is -0.161. The average molecular weight is 561 g/mol. The Kier molecular flexibility index (Phi) is 9.81. The highest BCUT2D eigenvalue weighted by Gasteiger charge is 2.39. The molecule has 39 heavy (non-hydrogen) atoms. The quantitative estimate of drug-likeness (QED) is 0.171. The first-order valence-electron chi connectivity index (χ1n) is 13.5. The fourth-order valence-corrected chi connectivity index (χ4v) is 9.34. The zero-order chi connectivity index (χ0) is 27.9. The van der Waals surface area contributed by atoms with Crippen molar-refractivity contribution in [1.29, 1.82) is 0 Å². The third kappa shape index (κ3) is 6.89. The van der Waals surface area contributed by atoms with Crippen molar-refractivity contribution in [2.75, 3.05) is 0 Å². The molecule has 4 aromatic carbocycles. The van der Waals surface area contributed by atoms with Crippen LogP contribution in [0.4, 0.5) is 0 Å². The molecule has 204 valence electrons. The van der Waals surface area contributed by atoms with E-state index in [0.29, 0.717) is 33.6 Å². The van der Waals surface area contributed by atoms with Crippen LogP contribution >= 0.6 is 14.7 Å². The summed E-state index contributed by atoms with van der Waals surface area (Å²) in [4.78, 5) is 0. The van der Waals surface area contributed by atoms with Crippen molar-refractivity contribution < 1.29 is 18.2 Å². The van der Waals surface area contributed by atoms with E-state index in [9.17, 15) is 9.13 Å². The smallest absolute Gasteiger partial charge is 0.261 e. The molecule has 0 aliphatic heterocycles. The monoisotopic (exact) mass is 560 g/mol. The standard InChI is InChI=1S/C33H38O4P2/c1-26(2)25-33(37-39(35,31-21-13-7-14-22-31)32-23-15-8-16-24-32)27(3)28(4)36-38(34,29-17-9-5-10-18-29)30-19-11-6-12-20-30/h5-24,26-28,33H,25H2,1-4H3. The van der Waals surface area contributed by atoms with Crippen molar-refractivity contribution in [3.05, 3.63) is 121 Å². The topological polar surface area (TPSA) is 52.6 Å². The maximum Gasteiger partial charge on any atom is 0.261 e. The van der Waals surface area contributed by atoms with Crippen molar-refractivity contribution in [2.45, 2.75) is 46.3 Å². The lowest BCUT2D eigenvalue weighted by Gasteiger charge is -2.35. The second-order valence-corrected chi connectivity index (χ2v) is 15.1. The molecule has 6 heteroatoms. The van der Waals surface area contributed by atoms with Crippen LogP contribution in [0.2, 0.25) is 0 Å². The van der Waals surface area contributed by atoms with Crippen LogP contribution in [0.3, 0.4) is 0 Å². The molecule has 4 rings (SSSR count).